The first-order valence-electron chi connectivity index (χ1n) is 6.83. The molecule has 0 bridgehead atoms. The fraction of sp³-hybridized carbons (Fsp3) is 0.200. The van der Waals surface area contributed by atoms with Crippen molar-refractivity contribution in [3.05, 3.63) is 53.6 Å². The van der Waals surface area contributed by atoms with E-state index in [0.29, 0.717) is 5.56 Å². The van der Waals surface area contributed by atoms with Crippen LogP contribution < -0.4 is 4.52 Å². The van der Waals surface area contributed by atoms with Crippen molar-refractivity contribution >= 4 is 7.82 Å². The van der Waals surface area contributed by atoms with Crippen molar-refractivity contribution in [3.63, 3.8) is 0 Å². The van der Waals surface area contributed by atoms with E-state index in [1.807, 2.05) is 0 Å². The summed E-state index contributed by atoms with van der Waals surface area (Å²) in [7, 11) is -4.98. The SMILES string of the molecule is CC(c1ccc(O)cc1)C(O)(O)c1ccc(O)cc1OP(=O)(O)O. The van der Waals surface area contributed by atoms with Crippen LogP contribution in [0.25, 0.3) is 0 Å². The van der Waals surface area contributed by atoms with Gasteiger partial charge in [0.2, 0.25) is 0 Å². The van der Waals surface area contributed by atoms with E-state index < -0.39 is 25.3 Å². The highest BCUT2D eigenvalue weighted by Gasteiger charge is 2.38. The minimum atomic E-state index is -4.98. The molecule has 0 radical (unpaired) electrons. The minimum Gasteiger partial charge on any atom is -0.508 e. The Morgan fingerprint density at radius 3 is 2.08 bits per heavy atom. The number of phosphoric acid groups is 1. The first-order chi connectivity index (χ1) is 11.0. The van der Waals surface area contributed by atoms with Crippen molar-refractivity contribution in [2.24, 2.45) is 0 Å². The highest BCUT2D eigenvalue weighted by Crippen LogP contribution is 2.46. The molecule has 0 aliphatic heterocycles. The Hall–Kier alpha value is -2.09. The molecule has 2 aromatic rings. The van der Waals surface area contributed by atoms with E-state index in [-0.39, 0.29) is 17.1 Å². The van der Waals surface area contributed by atoms with Gasteiger partial charge in [-0.25, -0.2) is 4.57 Å². The molecule has 24 heavy (non-hydrogen) atoms. The molecule has 1 unspecified atom stereocenters. The standard InChI is InChI=1S/C15H17O8P/c1-9(10-2-4-11(16)5-3-10)15(18,19)13-7-6-12(17)8-14(13)23-24(20,21)22/h2-9,16-19H,1H3,(H2,20,21,22). The molecule has 0 aliphatic carbocycles. The maximum atomic E-state index is 11.1. The van der Waals surface area contributed by atoms with E-state index in [1.54, 1.807) is 0 Å². The summed E-state index contributed by atoms with van der Waals surface area (Å²) in [6.07, 6.45) is 0. The van der Waals surface area contributed by atoms with E-state index in [1.165, 1.54) is 31.2 Å². The third kappa shape index (κ3) is 4.05. The second kappa shape index (κ2) is 6.43. The molecule has 6 N–H and O–H groups in total. The number of hydrogen-bond acceptors (Lipinski definition) is 6. The number of phenolic OH excluding ortho intramolecular Hbond substituents is 2. The van der Waals surface area contributed by atoms with E-state index in [0.717, 1.165) is 18.2 Å². The van der Waals surface area contributed by atoms with Gasteiger partial charge in [-0.15, -0.1) is 0 Å². The smallest absolute Gasteiger partial charge is 0.508 e. The van der Waals surface area contributed by atoms with Crippen LogP contribution >= 0.6 is 7.82 Å². The molecular formula is C15H17O8P. The topological polar surface area (TPSA) is 148 Å². The summed E-state index contributed by atoms with van der Waals surface area (Å²) in [6.45, 7) is 1.47. The highest BCUT2D eigenvalue weighted by molar-refractivity contribution is 7.46. The molecule has 0 amide bonds. The summed E-state index contributed by atoms with van der Waals surface area (Å²) in [4.78, 5) is 17.9. The predicted octanol–water partition coefficient (Wildman–Crippen LogP) is 1.51. The van der Waals surface area contributed by atoms with Crippen molar-refractivity contribution in [1.82, 2.24) is 0 Å². The van der Waals surface area contributed by atoms with Gasteiger partial charge >= 0.3 is 7.82 Å². The molecule has 0 aromatic heterocycles. The number of benzene rings is 2. The van der Waals surface area contributed by atoms with E-state index in [2.05, 4.69) is 4.52 Å². The van der Waals surface area contributed by atoms with Gasteiger partial charge in [0.05, 0.1) is 5.56 Å². The summed E-state index contributed by atoms with van der Waals surface area (Å²) in [5.74, 6) is -4.42. The molecule has 0 saturated carbocycles. The molecule has 130 valence electrons. The summed E-state index contributed by atoms with van der Waals surface area (Å²) >= 11 is 0. The Morgan fingerprint density at radius 1 is 1.00 bits per heavy atom. The Balaban J connectivity index is 2.48. The first-order valence-corrected chi connectivity index (χ1v) is 8.36. The fourth-order valence-corrected chi connectivity index (χ4v) is 2.65. The normalized spacial score (nSPS) is 13.5. The molecular weight excluding hydrogens is 339 g/mol. The lowest BCUT2D eigenvalue weighted by Gasteiger charge is -2.31. The molecule has 9 heteroatoms. The van der Waals surface area contributed by atoms with Crippen molar-refractivity contribution < 1.29 is 39.3 Å². The Labute approximate surface area is 137 Å². The van der Waals surface area contributed by atoms with Gasteiger partial charge in [-0.1, -0.05) is 19.1 Å². The van der Waals surface area contributed by atoms with Crippen LogP contribution in [0.5, 0.6) is 17.2 Å². The van der Waals surface area contributed by atoms with Gasteiger partial charge in [0.25, 0.3) is 0 Å². The molecule has 0 fully saturated rings. The maximum Gasteiger partial charge on any atom is 0.524 e. The number of rotatable bonds is 5. The Kier molecular flexibility index (Phi) is 4.89. The molecule has 1 atom stereocenters. The fourth-order valence-electron chi connectivity index (χ4n) is 2.25. The molecule has 2 rings (SSSR count). The summed E-state index contributed by atoms with van der Waals surface area (Å²) in [6, 6.07) is 8.79. The van der Waals surface area contributed by atoms with Crippen LogP contribution in [0.3, 0.4) is 0 Å². The van der Waals surface area contributed by atoms with Crippen molar-refractivity contribution in [2.45, 2.75) is 18.6 Å². The number of aliphatic hydroxyl groups is 2. The van der Waals surface area contributed by atoms with Gasteiger partial charge in [0.15, 0.2) is 5.79 Å². The number of phosphoric ester groups is 1. The average molecular weight is 356 g/mol. The third-order valence-corrected chi connectivity index (χ3v) is 4.01. The quantitative estimate of drug-likeness (QED) is 0.349. The van der Waals surface area contributed by atoms with Gasteiger partial charge in [0, 0.05) is 12.0 Å². The summed E-state index contributed by atoms with van der Waals surface area (Å²) < 4.78 is 15.5. The Morgan fingerprint density at radius 2 is 1.54 bits per heavy atom. The van der Waals surface area contributed by atoms with Gasteiger partial charge in [0.1, 0.15) is 17.2 Å². The molecule has 2 aromatic carbocycles. The average Bonchev–Trinajstić information content (AvgIpc) is 2.45. The van der Waals surface area contributed by atoms with Gasteiger partial charge in [-0.3, -0.25) is 9.79 Å². The largest absolute Gasteiger partial charge is 0.524 e. The van der Waals surface area contributed by atoms with Crippen molar-refractivity contribution in [1.29, 1.82) is 0 Å². The monoisotopic (exact) mass is 356 g/mol. The lowest BCUT2D eigenvalue weighted by molar-refractivity contribution is -0.185. The zero-order valence-electron chi connectivity index (χ0n) is 12.6. The van der Waals surface area contributed by atoms with E-state index in [9.17, 15) is 25.0 Å². The molecule has 0 saturated heterocycles. The second-order valence-corrected chi connectivity index (χ2v) is 6.47. The van der Waals surface area contributed by atoms with Crippen molar-refractivity contribution in [3.8, 4) is 17.2 Å². The lowest BCUT2D eigenvalue weighted by Crippen LogP contribution is -2.32. The minimum absolute atomic E-state index is 0.00239. The summed E-state index contributed by atoms with van der Waals surface area (Å²) in [5.41, 5.74) is 0.122. The van der Waals surface area contributed by atoms with Gasteiger partial charge < -0.3 is 24.9 Å². The zero-order valence-corrected chi connectivity index (χ0v) is 13.5. The third-order valence-electron chi connectivity index (χ3n) is 3.58. The maximum absolute atomic E-state index is 11.1. The van der Waals surface area contributed by atoms with Crippen LogP contribution in [0.1, 0.15) is 24.0 Å². The van der Waals surface area contributed by atoms with Gasteiger partial charge in [-0.05, 0) is 29.8 Å². The number of phenols is 2. The predicted molar refractivity (Wildman–Crippen MR) is 83.4 cm³/mol. The van der Waals surface area contributed by atoms with E-state index in [4.69, 9.17) is 9.79 Å². The molecule has 0 heterocycles. The van der Waals surface area contributed by atoms with Crippen LogP contribution in [-0.2, 0) is 10.4 Å². The van der Waals surface area contributed by atoms with Crippen LogP contribution in [0.4, 0.5) is 0 Å². The highest BCUT2D eigenvalue weighted by atomic mass is 31.2. The lowest BCUT2D eigenvalue weighted by atomic mass is 9.87. The van der Waals surface area contributed by atoms with Gasteiger partial charge in [-0.2, -0.15) is 0 Å². The molecule has 8 nitrogen and oxygen atoms in total. The van der Waals surface area contributed by atoms with Crippen LogP contribution in [0, 0.1) is 0 Å². The second-order valence-electron chi connectivity index (χ2n) is 5.30. The number of hydrogen-bond donors (Lipinski definition) is 6. The van der Waals surface area contributed by atoms with Crippen LogP contribution in [0.15, 0.2) is 42.5 Å². The molecule has 0 spiro atoms. The summed E-state index contributed by atoms with van der Waals surface area (Å²) in [5, 5.41) is 39.8. The van der Waals surface area contributed by atoms with Crippen LogP contribution in [0.2, 0.25) is 0 Å². The van der Waals surface area contributed by atoms with E-state index >= 15 is 0 Å². The molecule has 0 aliphatic rings. The number of aromatic hydroxyl groups is 2. The van der Waals surface area contributed by atoms with Crippen molar-refractivity contribution in [2.75, 3.05) is 0 Å². The van der Waals surface area contributed by atoms with Crippen LogP contribution in [-0.4, -0.2) is 30.2 Å². The first kappa shape index (κ1) is 18.3. The Bertz CT molecular complexity index is 766. The zero-order chi connectivity index (χ0) is 18.1.